The molecule has 0 bridgehead atoms. The molecule has 0 spiro atoms. The number of aromatic nitrogens is 2. The van der Waals surface area contributed by atoms with Crippen LogP contribution in [0.2, 0.25) is 0 Å². The number of hydrogen-bond donors (Lipinski definition) is 0. The largest absolute Gasteiger partial charge is 0.256 e. The van der Waals surface area contributed by atoms with Gasteiger partial charge in [-0.05, 0) is 50.0 Å². The Kier molecular flexibility index (Phi) is 3.33. The predicted octanol–water partition coefficient (Wildman–Crippen LogP) is 5.76. The molecule has 2 aromatic rings. The van der Waals surface area contributed by atoms with E-state index < -0.39 is 0 Å². The van der Waals surface area contributed by atoms with Crippen molar-refractivity contribution in [1.29, 1.82) is 0 Å². The number of nitrogens with zero attached hydrogens (tertiary/aromatic N) is 2. The third-order valence-electron chi connectivity index (χ3n) is 6.29. The molecule has 0 N–H and O–H groups in total. The zero-order valence-corrected chi connectivity index (χ0v) is 14.7. The van der Waals surface area contributed by atoms with Crippen LogP contribution in [0.5, 0.6) is 0 Å². The zero-order chi connectivity index (χ0) is 16.2. The van der Waals surface area contributed by atoms with Gasteiger partial charge in [0.2, 0.25) is 0 Å². The minimum absolute atomic E-state index is 0.0602. The van der Waals surface area contributed by atoms with Crippen LogP contribution in [-0.4, -0.2) is 9.97 Å². The second-order valence-electron chi connectivity index (χ2n) is 7.86. The Morgan fingerprint density at radius 3 is 2.57 bits per heavy atom. The van der Waals surface area contributed by atoms with E-state index in [0.29, 0.717) is 5.92 Å². The summed E-state index contributed by atoms with van der Waals surface area (Å²) in [6.45, 7) is 9.17. The smallest absolute Gasteiger partial charge is 0.0755 e. The summed E-state index contributed by atoms with van der Waals surface area (Å²) in [5.41, 5.74) is 7.82. The fourth-order valence-corrected chi connectivity index (χ4v) is 4.43. The number of allylic oxidation sites excluding steroid dienone is 2. The van der Waals surface area contributed by atoms with E-state index in [0.717, 1.165) is 11.2 Å². The highest BCUT2D eigenvalue weighted by atomic mass is 14.8. The lowest BCUT2D eigenvalue weighted by Gasteiger charge is -2.35. The van der Waals surface area contributed by atoms with Crippen LogP contribution < -0.4 is 0 Å². The van der Waals surface area contributed by atoms with Crippen LogP contribution in [0, 0.1) is 0 Å². The Morgan fingerprint density at radius 1 is 1.09 bits per heavy atom. The van der Waals surface area contributed by atoms with E-state index in [1.54, 1.807) is 0 Å². The Morgan fingerprint density at radius 2 is 1.83 bits per heavy atom. The van der Waals surface area contributed by atoms with Crippen molar-refractivity contribution in [3.63, 3.8) is 0 Å². The van der Waals surface area contributed by atoms with Crippen LogP contribution in [-0.2, 0) is 5.41 Å². The highest BCUT2D eigenvalue weighted by Gasteiger charge is 2.34. The highest BCUT2D eigenvalue weighted by Crippen LogP contribution is 2.46. The molecule has 2 aromatic heterocycles. The van der Waals surface area contributed by atoms with Gasteiger partial charge in [0.25, 0.3) is 0 Å². The van der Waals surface area contributed by atoms with E-state index in [1.807, 2.05) is 6.20 Å². The van der Waals surface area contributed by atoms with Gasteiger partial charge in [0.15, 0.2) is 0 Å². The van der Waals surface area contributed by atoms with Crippen LogP contribution in [0.15, 0.2) is 23.9 Å². The first-order valence-electron chi connectivity index (χ1n) is 8.98. The van der Waals surface area contributed by atoms with Crippen molar-refractivity contribution in [2.75, 3.05) is 0 Å². The van der Waals surface area contributed by atoms with Crippen molar-refractivity contribution >= 4 is 16.5 Å². The van der Waals surface area contributed by atoms with Crippen LogP contribution in [0.3, 0.4) is 0 Å². The standard InChI is InChI=1S/C21H26N2/c1-13-14(2)21(3,4)16-12-18(15-8-6-5-7-9-15)23-17-10-11-22-20(13)19(16)17/h10-12,15H,5-9H2,1-4H3. The maximum atomic E-state index is 5.06. The molecule has 2 heterocycles. The van der Waals surface area contributed by atoms with Crippen molar-refractivity contribution < 1.29 is 0 Å². The van der Waals surface area contributed by atoms with Gasteiger partial charge in [-0.3, -0.25) is 9.97 Å². The van der Waals surface area contributed by atoms with Crippen LogP contribution in [0.1, 0.15) is 82.7 Å². The second kappa shape index (κ2) is 5.15. The minimum Gasteiger partial charge on any atom is -0.256 e. The Labute approximate surface area is 139 Å². The third kappa shape index (κ3) is 2.14. The second-order valence-corrected chi connectivity index (χ2v) is 7.86. The molecule has 23 heavy (non-hydrogen) atoms. The molecule has 0 aromatic carbocycles. The summed E-state index contributed by atoms with van der Waals surface area (Å²) >= 11 is 0. The van der Waals surface area contributed by atoms with Gasteiger partial charge in [-0.25, -0.2) is 0 Å². The molecule has 120 valence electrons. The number of hydrogen-bond acceptors (Lipinski definition) is 2. The monoisotopic (exact) mass is 306 g/mol. The van der Waals surface area contributed by atoms with Crippen LogP contribution in [0.4, 0.5) is 0 Å². The Balaban J connectivity index is 1.99. The fourth-order valence-electron chi connectivity index (χ4n) is 4.43. The highest BCUT2D eigenvalue weighted by molar-refractivity contribution is 5.96. The lowest BCUT2D eigenvalue weighted by atomic mass is 9.70. The topological polar surface area (TPSA) is 25.8 Å². The SMILES string of the molecule is CC1=C(C)C(C)(C)c2cc(C3CCCCC3)nc3ccnc1c23. The summed E-state index contributed by atoms with van der Waals surface area (Å²) in [7, 11) is 0. The van der Waals surface area contributed by atoms with E-state index in [1.165, 1.54) is 59.9 Å². The van der Waals surface area contributed by atoms with E-state index in [-0.39, 0.29) is 5.41 Å². The van der Waals surface area contributed by atoms with Gasteiger partial charge < -0.3 is 0 Å². The van der Waals surface area contributed by atoms with Crippen LogP contribution in [0.25, 0.3) is 16.5 Å². The molecule has 4 rings (SSSR count). The summed E-state index contributed by atoms with van der Waals surface area (Å²) < 4.78 is 0. The average Bonchev–Trinajstić information content (AvgIpc) is 2.58. The molecule has 0 radical (unpaired) electrons. The van der Waals surface area contributed by atoms with Crippen molar-refractivity contribution in [2.24, 2.45) is 0 Å². The van der Waals surface area contributed by atoms with Crippen molar-refractivity contribution in [2.45, 2.75) is 71.1 Å². The quantitative estimate of drug-likeness (QED) is 0.669. The summed E-state index contributed by atoms with van der Waals surface area (Å²) in [5, 5.41) is 1.28. The van der Waals surface area contributed by atoms with E-state index >= 15 is 0 Å². The first-order chi connectivity index (χ1) is 11.0. The number of rotatable bonds is 1. The van der Waals surface area contributed by atoms with E-state index in [4.69, 9.17) is 4.98 Å². The Bertz CT molecular complexity index is 808. The molecule has 0 amide bonds. The molecular weight excluding hydrogens is 280 g/mol. The average molecular weight is 306 g/mol. The Hall–Kier alpha value is -1.70. The summed E-state index contributed by atoms with van der Waals surface area (Å²) in [5.74, 6) is 0.643. The lowest BCUT2D eigenvalue weighted by molar-refractivity contribution is 0.436. The van der Waals surface area contributed by atoms with E-state index in [9.17, 15) is 0 Å². The van der Waals surface area contributed by atoms with Crippen molar-refractivity contribution in [3.05, 3.63) is 40.9 Å². The third-order valence-corrected chi connectivity index (χ3v) is 6.29. The molecule has 0 unspecified atom stereocenters. The number of pyridine rings is 2. The van der Waals surface area contributed by atoms with Gasteiger partial charge in [-0.2, -0.15) is 0 Å². The van der Waals surface area contributed by atoms with Gasteiger partial charge in [-0.15, -0.1) is 0 Å². The maximum Gasteiger partial charge on any atom is 0.0755 e. The van der Waals surface area contributed by atoms with Gasteiger partial charge in [0.1, 0.15) is 0 Å². The lowest BCUT2D eigenvalue weighted by Crippen LogP contribution is -2.25. The van der Waals surface area contributed by atoms with Gasteiger partial charge in [0, 0.05) is 28.6 Å². The first kappa shape index (κ1) is 14.9. The van der Waals surface area contributed by atoms with E-state index in [2.05, 4.69) is 44.8 Å². The predicted molar refractivity (Wildman–Crippen MR) is 96.7 cm³/mol. The van der Waals surface area contributed by atoms with Gasteiger partial charge in [-0.1, -0.05) is 38.7 Å². The zero-order valence-electron chi connectivity index (χ0n) is 14.7. The molecule has 0 atom stereocenters. The first-order valence-corrected chi connectivity index (χ1v) is 8.98. The molecule has 2 aliphatic rings. The summed E-state index contributed by atoms with van der Waals surface area (Å²) in [6.07, 6.45) is 8.60. The van der Waals surface area contributed by atoms with Crippen LogP contribution >= 0.6 is 0 Å². The van der Waals surface area contributed by atoms with Gasteiger partial charge in [0.05, 0.1) is 11.2 Å². The van der Waals surface area contributed by atoms with Gasteiger partial charge >= 0.3 is 0 Å². The molecule has 1 fully saturated rings. The molecule has 2 heteroatoms. The molecule has 1 saturated carbocycles. The normalized spacial score (nSPS) is 21.0. The molecule has 2 aliphatic carbocycles. The fraction of sp³-hybridized carbons (Fsp3) is 0.524. The minimum atomic E-state index is 0.0602. The molecule has 0 aliphatic heterocycles. The van der Waals surface area contributed by atoms with Crippen molar-refractivity contribution in [1.82, 2.24) is 9.97 Å². The maximum absolute atomic E-state index is 5.06. The molecule has 2 nitrogen and oxygen atoms in total. The van der Waals surface area contributed by atoms with Crippen molar-refractivity contribution in [3.8, 4) is 0 Å². The summed E-state index contributed by atoms with van der Waals surface area (Å²) in [4.78, 5) is 9.74. The molecular formula is C21H26N2. The summed E-state index contributed by atoms with van der Waals surface area (Å²) in [6, 6.07) is 4.50. The molecule has 0 saturated heterocycles.